The topological polar surface area (TPSA) is 29.3 Å². The molecule has 0 aromatic carbocycles. The van der Waals surface area contributed by atoms with Crippen LogP contribution in [0.1, 0.15) is 46.0 Å². The second kappa shape index (κ2) is 6.05. The lowest BCUT2D eigenvalue weighted by Gasteiger charge is -2.41. The molecule has 1 fully saturated rings. The summed E-state index contributed by atoms with van der Waals surface area (Å²) >= 11 is 0. The Kier molecular flexibility index (Phi) is 5.25. The molecule has 0 bridgehead atoms. The zero-order valence-electron chi connectivity index (χ0n) is 10.6. The van der Waals surface area contributed by atoms with E-state index in [0.29, 0.717) is 6.54 Å². The summed E-state index contributed by atoms with van der Waals surface area (Å²) in [6.07, 6.45) is 0.709. The fourth-order valence-corrected chi connectivity index (χ4v) is 2.88. The minimum Gasteiger partial charge on any atom is -0.326 e. The Labute approximate surface area is 101 Å². The van der Waals surface area contributed by atoms with Gasteiger partial charge in [-0.05, 0) is 26.3 Å². The molecule has 102 valence electrons. The van der Waals surface area contributed by atoms with E-state index in [1.54, 1.807) is 11.8 Å². The summed E-state index contributed by atoms with van der Waals surface area (Å²) in [5.41, 5.74) is 5.54. The molecule has 1 aliphatic carbocycles. The Bertz CT molecular complexity index is 222. The number of alkyl halides is 3. The van der Waals surface area contributed by atoms with Crippen LogP contribution in [0.4, 0.5) is 13.2 Å². The Morgan fingerprint density at radius 3 is 2.12 bits per heavy atom. The van der Waals surface area contributed by atoms with Crippen LogP contribution in [-0.4, -0.2) is 35.7 Å². The van der Waals surface area contributed by atoms with E-state index < -0.39 is 18.3 Å². The maximum atomic E-state index is 13.0. The molecular weight excluding hydrogens is 229 g/mol. The van der Waals surface area contributed by atoms with Crippen molar-refractivity contribution >= 4 is 0 Å². The van der Waals surface area contributed by atoms with E-state index in [1.807, 2.05) is 0 Å². The lowest BCUT2D eigenvalue weighted by Crippen LogP contribution is -2.58. The van der Waals surface area contributed by atoms with Gasteiger partial charge in [-0.1, -0.05) is 26.2 Å². The van der Waals surface area contributed by atoms with Crippen molar-refractivity contribution in [3.05, 3.63) is 0 Å². The van der Waals surface area contributed by atoms with Crippen molar-refractivity contribution in [3.63, 3.8) is 0 Å². The molecule has 0 aliphatic heterocycles. The van der Waals surface area contributed by atoms with Crippen molar-refractivity contribution in [1.29, 1.82) is 0 Å². The normalized spacial score (nSPS) is 22.8. The van der Waals surface area contributed by atoms with Gasteiger partial charge < -0.3 is 5.73 Å². The van der Waals surface area contributed by atoms with Gasteiger partial charge in [0.15, 0.2) is 0 Å². The molecule has 1 aliphatic rings. The van der Waals surface area contributed by atoms with Crippen LogP contribution in [0.3, 0.4) is 0 Å². The Balaban J connectivity index is 2.80. The van der Waals surface area contributed by atoms with Crippen LogP contribution in [0.15, 0.2) is 0 Å². The average Bonchev–Trinajstić information content (AvgIpc) is 2.24. The SMILES string of the molecule is CCN(C1CCCCC1)C(C(C)N)C(F)(F)F. The summed E-state index contributed by atoms with van der Waals surface area (Å²) in [5, 5.41) is 0. The number of likely N-dealkylation sites (N-methyl/N-ethyl adjacent to an activating group) is 1. The van der Waals surface area contributed by atoms with Crippen LogP contribution < -0.4 is 5.73 Å². The summed E-state index contributed by atoms with van der Waals surface area (Å²) in [7, 11) is 0. The molecule has 0 spiro atoms. The number of halogens is 3. The smallest absolute Gasteiger partial charge is 0.326 e. The first-order valence-electron chi connectivity index (χ1n) is 6.46. The number of hydrogen-bond donors (Lipinski definition) is 1. The molecule has 2 atom stereocenters. The molecule has 17 heavy (non-hydrogen) atoms. The highest BCUT2D eigenvalue weighted by Crippen LogP contribution is 2.32. The van der Waals surface area contributed by atoms with Crippen molar-refractivity contribution in [2.24, 2.45) is 5.73 Å². The van der Waals surface area contributed by atoms with Crippen LogP contribution in [0, 0.1) is 0 Å². The monoisotopic (exact) mass is 252 g/mol. The summed E-state index contributed by atoms with van der Waals surface area (Å²) in [4.78, 5) is 1.56. The van der Waals surface area contributed by atoms with Gasteiger partial charge >= 0.3 is 6.18 Å². The van der Waals surface area contributed by atoms with Gasteiger partial charge in [-0.25, -0.2) is 0 Å². The summed E-state index contributed by atoms with van der Waals surface area (Å²) in [6, 6.07) is -2.33. The third kappa shape index (κ3) is 3.85. The fourth-order valence-electron chi connectivity index (χ4n) is 2.88. The summed E-state index contributed by atoms with van der Waals surface area (Å²) in [5.74, 6) is 0. The zero-order chi connectivity index (χ0) is 13.1. The van der Waals surface area contributed by atoms with E-state index in [9.17, 15) is 13.2 Å². The molecule has 2 unspecified atom stereocenters. The van der Waals surface area contributed by atoms with Gasteiger partial charge in [0.1, 0.15) is 6.04 Å². The number of nitrogens with two attached hydrogens (primary N) is 1. The van der Waals surface area contributed by atoms with Crippen molar-refractivity contribution in [3.8, 4) is 0 Å². The molecule has 1 saturated carbocycles. The third-order valence-corrected chi connectivity index (χ3v) is 3.60. The molecule has 0 heterocycles. The van der Waals surface area contributed by atoms with Crippen molar-refractivity contribution in [2.45, 2.75) is 70.3 Å². The maximum Gasteiger partial charge on any atom is 0.405 e. The average molecular weight is 252 g/mol. The lowest BCUT2D eigenvalue weighted by molar-refractivity contribution is -0.195. The Morgan fingerprint density at radius 1 is 1.24 bits per heavy atom. The highest BCUT2D eigenvalue weighted by Gasteiger charge is 2.47. The van der Waals surface area contributed by atoms with Gasteiger partial charge in [0.25, 0.3) is 0 Å². The Hall–Kier alpha value is -0.290. The molecule has 0 aromatic heterocycles. The van der Waals surface area contributed by atoms with Crippen LogP contribution in [-0.2, 0) is 0 Å². The third-order valence-electron chi connectivity index (χ3n) is 3.60. The van der Waals surface area contributed by atoms with E-state index in [0.717, 1.165) is 32.1 Å². The van der Waals surface area contributed by atoms with Gasteiger partial charge in [-0.15, -0.1) is 0 Å². The summed E-state index contributed by atoms with van der Waals surface area (Å²) < 4.78 is 39.1. The van der Waals surface area contributed by atoms with Crippen molar-refractivity contribution in [1.82, 2.24) is 4.90 Å². The summed E-state index contributed by atoms with van der Waals surface area (Å²) in [6.45, 7) is 3.65. The van der Waals surface area contributed by atoms with Gasteiger partial charge in [0, 0.05) is 12.1 Å². The molecule has 2 nitrogen and oxygen atoms in total. The van der Waals surface area contributed by atoms with E-state index >= 15 is 0 Å². The molecular formula is C12H23F3N2. The number of nitrogens with zero attached hydrogens (tertiary/aromatic N) is 1. The maximum absolute atomic E-state index is 13.0. The molecule has 1 rings (SSSR count). The number of hydrogen-bond acceptors (Lipinski definition) is 2. The van der Waals surface area contributed by atoms with Crippen LogP contribution in [0.5, 0.6) is 0 Å². The lowest BCUT2D eigenvalue weighted by atomic mass is 9.92. The van der Waals surface area contributed by atoms with E-state index in [-0.39, 0.29) is 6.04 Å². The molecule has 5 heteroatoms. The number of rotatable bonds is 4. The van der Waals surface area contributed by atoms with Gasteiger partial charge in [-0.3, -0.25) is 4.90 Å². The first-order chi connectivity index (χ1) is 7.88. The predicted octanol–water partition coefficient (Wildman–Crippen LogP) is 2.92. The first-order valence-corrected chi connectivity index (χ1v) is 6.46. The van der Waals surface area contributed by atoms with E-state index in [2.05, 4.69) is 0 Å². The van der Waals surface area contributed by atoms with Crippen LogP contribution in [0.25, 0.3) is 0 Å². The zero-order valence-corrected chi connectivity index (χ0v) is 10.6. The van der Waals surface area contributed by atoms with Crippen LogP contribution in [0.2, 0.25) is 0 Å². The standard InChI is InChI=1S/C12H23F3N2/c1-3-17(10-7-5-4-6-8-10)11(9(2)16)12(13,14)15/h9-11H,3-8,16H2,1-2H3. The molecule has 0 radical (unpaired) electrons. The largest absolute Gasteiger partial charge is 0.405 e. The highest BCUT2D eigenvalue weighted by atomic mass is 19.4. The van der Waals surface area contributed by atoms with Gasteiger partial charge in [0.2, 0.25) is 0 Å². The molecule has 0 amide bonds. The minimum atomic E-state index is -4.23. The quantitative estimate of drug-likeness (QED) is 0.833. The van der Waals surface area contributed by atoms with Crippen molar-refractivity contribution < 1.29 is 13.2 Å². The van der Waals surface area contributed by atoms with E-state index in [4.69, 9.17) is 5.73 Å². The van der Waals surface area contributed by atoms with Crippen molar-refractivity contribution in [2.75, 3.05) is 6.54 Å². The molecule has 0 aromatic rings. The van der Waals surface area contributed by atoms with Gasteiger partial charge in [-0.2, -0.15) is 13.2 Å². The van der Waals surface area contributed by atoms with E-state index in [1.165, 1.54) is 6.92 Å². The second-order valence-corrected chi connectivity index (χ2v) is 4.97. The minimum absolute atomic E-state index is 0.0476. The predicted molar refractivity (Wildman–Crippen MR) is 62.7 cm³/mol. The second-order valence-electron chi connectivity index (χ2n) is 4.97. The Morgan fingerprint density at radius 2 is 1.76 bits per heavy atom. The first kappa shape index (κ1) is 14.8. The fraction of sp³-hybridized carbons (Fsp3) is 1.00. The van der Waals surface area contributed by atoms with Crippen LogP contribution >= 0.6 is 0 Å². The van der Waals surface area contributed by atoms with Gasteiger partial charge in [0.05, 0.1) is 0 Å². The molecule has 2 N–H and O–H groups in total. The highest BCUT2D eigenvalue weighted by molar-refractivity contribution is 4.90. The molecule has 0 saturated heterocycles.